The van der Waals surface area contributed by atoms with E-state index in [0.29, 0.717) is 38.1 Å². The molecule has 2 heterocycles. The third-order valence-electron chi connectivity index (χ3n) is 5.69. The van der Waals surface area contributed by atoms with Gasteiger partial charge in [0, 0.05) is 58.9 Å². The lowest BCUT2D eigenvalue weighted by Crippen LogP contribution is -2.57. The minimum Gasteiger partial charge on any atom is -0.379 e. The molecular weight excluding hydrogens is 533 g/mol. The van der Waals surface area contributed by atoms with E-state index in [1.165, 1.54) is 0 Å². The van der Waals surface area contributed by atoms with Gasteiger partial charge in [0.15, 0.2) is 5.96 Å². The number of halogens is 1. The van der Waals surface area contributed by atoms with Crippen molar-refractivity contribution in [3.8, 4) is 0 Å². The number of rotatable bonds is 9. The highest BCUT2D eigenvalue weighted by atomic mass is 127. The lowest BCUT2D eigenvalue weighted by Gasteiger charge is -2.39. The van der Waals surface area contributed by atoms with E-state index in [9.17, 15) is 8.42 Å². The summed E-state index contributed by atoms with van der Waals surface area (Å²) in [4.78, 5) is 9.08. The fourth-order valence-electron chi connectivity index (χ4n) is 3.92. The number of nitrogens with one attached hydrogen (secondary N) is 1. The van der Waals surface area contributed by atoms with Crippen molar-refractivity contribution >= 4 is 40.0 Å². The van der Waals surface area contributed by atoms with Gasteiger partial charge in [-0.15, -0.1) is 24.0 Å². The predicted molar refractivity (Wildman–Crippen MR) is 136 cm³/mol. The number of aliphatic imine (C=N–C) groups is 1. The first-order valence-electron chi connectivity index (χ1n) is 11.1. The summed E-state index contributed by atoms with van der Waals surface area (Å²) in [7, 11) is -1.50. The molecule has 0 aromatic heterocycles. The zero-order chi connectivity index (χ0) is 22.1. The van der Waals surface area contributed by atoms with E-state index in [1.54, 1.807) is 11.4 Å². The van der Waals surface area contributed by atoms with Crippen LogP contribution in [0.5, 0.6) is 0 Å². The van der Waals surface area contributed by atoms with E-state index in [-0.39, 0.29) is 42.4 Å². The Morgan fingerprint density at radius 2 is 1.68 bits per heavy atom. The monoisotopic (exact) mass is 575 g/mol. The van der Waals surface area contributed by atoms with Crippen LogP contribution >= 0.6 is 24.0 Å². The molecule has 0 aromatic carbocycles. The standard InChI is InChI=1S/C20H41N5O4S.HI/c1-17(2)19(23-10-12-28-13-11-23)16-22-20(21-5)24-6-8-25(9-7-24)30(26,27)15-14-29-18(3)4;/h17-19H,6-16H2,1-5H3,(H,21,22);1H. The molecule has 2 saturated heterocycles. The zero-order valence-electron chi connectivity index (χ0n) is 19.7. The SMILES string of the molecule is CN=C(NCC(C(C)C)N1CCOCC1)N1CCN(S(=O)(=O)CCOC(C)C)CC1.I. The Bertz CT molecular complexity index is 633. The maximum absolute atomic E-state index is 12.5. The van der Waals surface area contributed by atoms with Gasteiger partial charge in [0.05, 0.1) is 31.7 Å². The Balaban J connectivity index is 0.00000480. The van der Waals surface area contributed by atoms with Gasteiger partial charge in [-0.3, -0.25) is 9.89 Å². The Hall–Kier alpha value is -0.210. The van der Waals surface area contributed by atoms with Gasteiger partial charge >= 0.3 is 0 Å². The van der Waals surface area contributed by atoms with Crippen molar-refractivity contribution in [2.45, 2.75) is 39.8 Å². The van der Waals surface area contributed by atoms with Crippen molar-refractivity contribution in [3.63, 3.8) is 0 Å². The summed E-state index contributed by atoms with van der Waals surface area (Å²) in [6, 6.07) is 0.410. The maximum Gasteiger partial charge on any atom is 0.216 e. The number of morpholine rings is 1. The molecule has 0 radical (unpaired) electrons. The second-order valence-corrected chi connectivity index (χ2v) is 10.6. The first-order valence-corrected chi connectivity index (χ1v) is 12.7. The number of hydrogen-bond acceptors (Lipinski definition) is 6. The lowest BCUT2D eigenvalue weighted by atomic mass is 10.0. The van der Waals surface area contributed by atoms with Crippen molar-refractivity contribution in [1.29, 1.82) is 0 Å². The Morgan fingerprint density at radius 1 is 1.06 bits per heavy atom. The Morgan fingerprint density at radius 3 is 2.19 bits per heavy atom. The van der Waals surface area contributed by atoms with Gasteiger partial charge < -0.3 is 19.7 Å². The molecular formula is C20H42IN5O4S. The lowest BCUT2D eigenvalue weighted by molar-refractivity contribution is 0.00737. The molecule has 0 aromatic rings. The second-order valence-electron chi connectivity index (χ2n) is 8.51. The third kappa shape index (κ3) is 9.28. The van der Waals surface area contributed by atoms with E-state index in [0.717, 1.165) is 38.8 Å². The predicted octanol–water partition coefficient (Wildman–Crippen LogP) is 0.909. The highest BCUT2D eigenvalue weighted by Crippen LogP contribution is 2.13. The van der Waals surface area contributed by atoms with Crippen molar-refractivity contribution in [1.82, 2.24) is 19.4 Å². The highest BCUT2D eigenvalue weighted by molar-refractivity contribution is 14.0. The number of piperazine rings is 1. The summed E-state index contributed by atoms with van der Waals surface area (Å²) in [6.45, 7) is 15.1. The first kappa shape index (κ1) is 28.8. The molecule has 11 heteroatoms. The van der Waals surface area contributed by atoms with Crippen LogP contribution in [0, 0.1) is 5.92 Å². The number of nitrogens with zero attached hydrogens (tertiary/aromatic N) is 4. The molecule has 0 saturated carbocycles. The summed E-state index contributed by atoms with van der Waals surface area (Å²) >= 11 is 0. The van der Waals surface area contributed by atoms with Gasteiger partial charge in [-0.05, 0) is 19.8 Å². The molecule has 31 heavy (non-hydrogen) atoms. The zero-order valence-corrected chi connectivity index (χ0v) is 22.9. The second kappa shape index (κ2) is 14.1. The van der Waals surface area contributed by atoms with E-state index in [1.807, 2.05) is 13.8 Å². The molecule has 2 rings (SSSR count). The van der Waals surface area contributed by atoms with Crippen LogP contribution in [0.3, 0.4) is 0 Å². The first-order chi connectivity index (χ1) is 14.2. The van der Waals surface area contributed by atoms with Gasteiger partial charge in [-0.25, -0.2) is 8.42 Å². The van der Waals surface area contributed by atoms with Crippen LogP contribution in [0.4, 0.5) is 0 Å². The summed E-state index contributed by atoms with van der Waals surface area (Å²) in [5.41, 5.74) is 0. The molecule has 0 amide bonds. The number of hydrogen-bond donors (Lipinski definition) is 1. The number of ether oxygens (including phenoxy) is 2. The van der Waals surface area contributed by atoms with Gasteiger partial charge in [-0.1, -0.05) is 13.8 Å². The van der Waals surface area contributed by atoms with Crippen LogP contribution in [0.1, 0.15) is 27.7 Å². The molecule has 0 aliphatic carbocycles. The van der Waals surface area contributed by atoms with E-state index in [4.69, 9.17) is 9.47 Å². The van der Waals surface area contributed by atoms with Crippen LogP contribution in [-0.4, -0.2) is 119 Å². The third-order valence-corrected chi connectivity index (χ3v) is 7.52. The van der Waals surface area contributed by atoms with Crippen LogP contribution in [0.15, 0.2) is 4.99 Å². The van der Waals surface area contributed by atoms with Crippen LogP contribution in [0.25, 0.3) is 0 Å². The molecule has 1 N–H and O–H groups in total. The normalized spacial score (nSPS) is 20.7. The molecule has 0 spiro atoms. The van der Waals surface area contributed by atoms with Crippen molar-refractivity contribution in [3.05, 3.63) is 0 Å². The van der Waals surface area contributed by atoms with Gasteiger partial charge in [0.25, 0.3) is 0 Å². The summed E-state index contributed by atoms with van der Waals surface area (Å²) < 4.78 is 37.6. The molecule has 2 fully saturated rings. The van der Waals surface area contributed by atoms with E-state index >= 15 is 0 Å². The molecule has 184 valence electrons. The minimum atomic E-state index is -3.28. The van der Waals surface area contributed by atoms with E-state index < -0.39 is 10.0 Å². The Labute approximate surface area is 206 Å². The molecule has 2 aliphatic heterocycles. The van der Waals surface area contributed by atoms with Gasteiger partial charge in [0.1, 0.15) is 0 Å². The summed E-state index contributed by atoms with van der Waals surface area (Å²) in [5, 5.41) is 3.52. The molecule has 1 unspecified atom stereocenters. The number of guanidine groups is 1. The van der Waals surface area contributed by atoms with Crippen LogP contribution in [-0.2, 0) is 19.5 Å². The molecule has 9 nitrogen and oxygen atoms in total. The number of sulfonamides is 1. The van der Waals surface area contributed by atoms with Crippen LogP contribution in [0.2, 0.25) is 0 Å². The average Bonchev–Trinajstić information content (AvgIpc) is 2.71. The Kier molecular flexibility index (Phi) is 13.1. The largest absolute Gasteiger partial charge is 0.379 e. The fraction of sp³-hybridized carbons (Fsp3) is 0.950. The quantitative estimate of drug-likeness (QED) is 0.249. The molecule has 2 aliphatic rings. The van der Waals surface area contributed by atoms with Crippen molar-refractivity contribution in [2.24, 2.45) is 10.9 Å². The smallest absolute Gasteiger partial charge is 0.216 e. The fourth-order valence-corrected chi connectivity index (χ4v) is 5.20. The van der Waals surface area contributed by atoms with E-state index in [2.05, 4.69) is 34.0 Å². The van der Waals surface area contributed by atoms with Crippen molar-refractivity contribution in [2.75, 3.05) is 78.4 Å². The topological polar surface area (TPSA) is 86.7 Å². The molecule has 1 atom stereocenters. The summed E-state index contributed by atoms with van der Waals surface area (Å²) in [6.07, 6.45) is 0.0403. The van der Waals surface area contributed by atoms with Gasteiger partial charge in [0.2, 0.25) is 10.0 Å². The van der Waals surface area contributed by atoms with Crippen LogP contribution < -0.4 is 5.32 Å². The van der Waals surface area contributed by atoms with Crippen molar-refractivity contribution < 1.29 is 17.9 Å². The minimum absolute atomic E-state index is 0. The highest BCUT2D eigenvalue weighted by Gasteiger charge is 2.29. The average molecular weight is 576 g/mol. The maximum atomic E-state index is 12.5. The molecule has 0 bridgehead atoms. The van der Waals surface area contributed by atoms with Gasteiger partial charge in [-0.2, -0.15) is 4.31 Å². The summed E-state index contributed by atoms with van der Waals surface area (Å²) in [5.74, 6) is 1.39.